The van der Waals surface area contributed by atoms with Crippen LogP contribution in [-0.2, 0) is 0 Å². The minimum absolute atomic E-state index is 0.647. The molecule has 4 heteroatoms. The maximum absolute atomic E-state index is 10.6. The Hall–Kier alpha value is -1.42. The molecule has 3 heterocycles. The van der Waals surface area contributed by atoms with Crippen LogP contribution >= 0.6 is 0 Å². The topological polar surface area (TPSA) is 36.4 Å². The fourth-order valence-corrected chi connectivity index (χ4v) is 3.01. The fourth-order valence-electron chi connectivity index (χ4n) is 3.01. The van der Waals surface area contributed by atoms with E-state index in [9.17, 15) is 4.79 Å². The molecule has 0 N–H and O–H groups in total. The Labute approximate surface area is 108 Å². The van der Waals surface area contributed by atoms with E-state index in [2.05, 4.69) is 14.8 Å². The molecule has 0 aromatic carbocycles. The average Bonchev–Trinajstić information content (AvgIpc) is 3.09. The summed E-state index contributed by atoms with van der Waals surface area (Å²) in [4.78, 5) is 19.9. The Morgan fingerprint density at radius 3 is 2.72 bits per heavy atom. The van der Waals surface area contributed by atoms with Crippen LogP contribution in [0, 0.1) is 0 Å². The van der Waals surface area contributed by atoms with E-state index in [1.807, 2.05) is 12.1 Å². The molecule has 0 amide bonds. The zero-order valence-electron chi connectivity index (χ0n) is 10.6. The van der Waals surface area contributed by atoms with Crippen molar-refractivity contribution in [2.45, 2.75) is 25.3 Å². The lowest BCUT2D eigenvalue weighted by atomic mass is 10.2. The molecule has 0 bridgehead atoms. The summed E-state index contributed by atoms with van der Waals surface area (Å²) >= 11 is 0. The third kappa shape index (κ3) is 2.25. The molecule has 18 heavy (non-hydrogen) atoms. The Morgan fingerprint density at radius 1 is 1.22 bits per heavy atom. The van der Waals surface area contributed by atoms with Crippen molar-refractivity contribution < 1.29 is 4.79 Å². The Kier molecular flexibility index (Phi) is 3.28. The van der Waals surface area contributed by atoms with Gasteiger partial charge in [-0.25, -0.2) is 4.98 Å². The van der Waals surface area contributed by atoms with Crippen molar-refractivity contribution >= 4 is 12.1 Å². The van der Waals surface area contributed by atoms with Crippen molar-refractivity contribution in [3.63, 3.8) is 0 Å². The second kappa shape index (κ2) is 5.06. The number of aromatic nitrogens is 1. The number of carbonyl (C=O) groups is 1. The van der Waals surface area contributed by atoms with Crippen molar-refractivity contribution in [3.05, 3.63) is 23.9 Å². The van der Waals surface area contributed by atoms with E-state index in [1.54, 1.807) is 6.20 Å². The molecule has 2 fully saturated rings. The van der Waals surface area contributed by atoms with Crippen molar-refractivity contribution in [1.82, 2.24) is 9.88 Å². The summed E-state index contributed by atoms with van der Waals surface area (Å²) in [5.74, 6) is 1.00. The molecule has 96 valence electrons. The van der Waals surface area contributed by atoms with E-state index in [0.29, 0.717) is 11.6 Å². The van der Waals surface area contributed by atoms with E-state index < -0.39 is 0 Å². The monoisotopic (exact) mass is 245 g/mol. The van der Waals surface area contributed by atoms with Crippen molar-refractivity contribution in [2.24, 2.45) is 0 Å². The predicted molar refractivity (Wildman–Crippen MR) is 71.0 cm³/mol. The molecule has 0 radical (unpaired) electrons. The maximum atomic E-state index is 10.6. The number of hydrogen-bond acceptors (Lipinski definition) is 4. The third-order valence-electron chi connectivity index (χ3n) is 4.05. The van der Waals surface area contributed by atoms with Gasteiger partial charge in [0.2, 0.25) is 0 Å². The lowest BCUT2D eigenvalue weighted by Gasteiger charge is -2.24. The van der Waals surface area contributed by atoms with Crippen LogP contribution in [0.5, 0.6) is 0 Å². The smallest absolute Gasteiger partial charge is 0.151 e. The lowest BCUT2D eigenvalue weighted by Crippen LogP contribution is -2.35. The van der Waals surface area contributed by atoms with Crippen LogP contribution in [0.4, 0.5) is 5.82 Å². The Balaban J connectivity index is 1.65. The number of nitrogens with zero attached hydrogens (tertiary/aromatic N) is 3. The van der Waals surface area contributed by atoms with Gasteiger partial charge in [0.25, 0.3) is 0 Å². The molecular formula is C14H19N3O. The zero-order valence-corrected chi connectivity index (χ0v) is 10.6. The van der Waals surface area contributed by atoms with Gasteiger partial charge in [0, 0.05) is 30.9 Å². The fraction of sp³-hybridized carbons (Fsp3) is 0.571. The van der Waals surface area contributed by atoms with Crippen LogP contribution in [0.1, 0.15) is 29.6 Å². The highest BCUT2D eigenvalue weighted by Gasteiger charge is 2.29. The maximum Gasteiger partial charge on any atom is 0.151 e. The highest BCUT2D eigenvalue weighted by Crippen LogP contribution is 2.23. The largest absolute Gasteiger partial charge is 0.355 e. The summed E-state index contributed by atoms with van der Waals surface area (Å²) in [7, 11) is 0. The molecule has 2 aliphatic rings. The lowest BCUT2D eigenvalue weighted by molar-refractivity contribution is 0.112. The summed E-state index contributed by atoms with van der Waals surface area (Å²) in [6, 6.07) is 4.49. The Bertz CT molecular complexity index is 412. The van der Waals surface area contributed by atoms with E-state index in [-0.39, 0.29) is 0 Å². The molecular weight excluding hydrogens is 226 g/mol. The average molecular weight is 245 g/mol. The van der Waals surface area contributed by atoms with E-state index >= 15 is 0 Å². The zero-order chi connectivity index (χ0) is 12.4. The van der Waals surface area contributed by atoms with Gasteiger partial charge in [-0.1, -0.05) is 0 Å². The number of hydrogen-bond donors (Lipinski definition) is 0. The quantitative estimate of drug-likeness (QED) is 0.757. The van der Waals surface area contributed by atoms with Gasteiger partial charge in [-0.3, -0.25) is 9.69 Å². The summed E-state index contributed by atoms with van der Waals surface area (Å²) in [5.41, 5.74) is 0.647. The standard InChI is InChI=1S/C14H19N3O/c18-11-12-3-4-14(15-9-12)17-8-5-13(10-17)16-6-1-2-7-16/h3-4,9,11,13H,1-2,5-8,10H2. The van der Waals surface area contributed by atoms with Crippen molar-refractivity contribution in [2.75, 3.05) is 31.1 Å². The molecule has 4 nitrogen and oxygen atoms in total. The second-order valence-electron chi connectivity index (χ2n) is 5.20. The molecule has 1 atom stereocenters. The highest BCUT2D eigenvalue weighted by atomic mass is 16.1. The molecule has 2 aliphatic heterocycles. The van der Waals surface area contributed by atoms with Crippen molar-refractivity contribution in [1.29, 1.82) is 0 Å². The van der Waals surface area contributed by atoms with Gasteiger partial charge < -0.3 is 4.90 Å². The first-order valence-corrected chi connectivity index (χ1v) is 6.77. The van der Waals surface area contributed by atoms with Crippen LogP contribution in [0.25, 0.3) is 0 Å². The second-order valence-corrected chi connectivity index (χ2v) is 5.20. The van der Waals surface area contributed by atoms with Gasteiger partial charge in [-0.15, -0.1) is 0 Å². The van der Waals surface area contributed by atoms with E-state index in [1.165, 1.54) is 32.4 Å². The molecule has 2 saturated heterocycles. The summed E-state index contributed by atoms with van der Waals surface area (Å²) < 4.78 is 0. The van der Waals surface area contributed by atoms with Gasteiger partial charge in [-0.2, -0.15) is 0 Å². The first-order valence-electron chi connectivity index (χ1n) is 6.77. The number of aldehydes is 1. The summed E-state index contributed by atoms with van der Waals surface area (Å²) in [6.07, 6.45) is 6.43. The number of anilines is 1. The molecule has 0 spiro atoms. The van der Waals surface area contributed by atoms with E-state index in [4.69, 9.17) is 0 Å². The van der Waals surface area contributed by atoms with Gasteiger partial charge in [0.1, 0.15) is 5.82 Å². The first-order chi connectivity index (χ1) is 8.86. The third-order valence-corrected chi connectivity index (χ3v) is 4.05. The minimum Gasteiger partial charge on any atom is -0.355 e. The molecule has 1 unspecified atom stereocenters. The molecule has 0 aliphatic carbocycles. The SMILES string of the molecule is O=Cc1ccc(N2CCC(N3CCCC3)C2)nc1. The minimum atomic E-state index is 0.647. The normalized spacial score (nSPS) is 24.7. The van der Waals surface area contributed by atoms with Gasteiger partial charge in [-0.05, 0) is 44.5 Å². The van der Waals surface area contributed by atoms with Crippen molar-refractivity contribution in [3.8, 4) is 0 Å². The molecule has 1 aromatic rings. The number of likely N-dealkylation sites (tertiary alicyclic amines) is 1. The van der Waals surface area contributed by atoms with Gasteiger partial charge in [0.05, 0.1) is 0 Å². The molecule has 0 saturated carbocycles. The Morgan fingerprint density at radius 2 is 2.06 bits per heavy atom. The summed E-state index contributed by atoms with van der Waals surface area (Å²) in [6.45, 7) is 4.67. The summed E-state index contributed by atoms with van der Waals surface area (Å²) in [5, 5.41) is 0. The van der Waals surface area contributed by atoms with Crippen LogP contribution in [0.15, 0.2) is 18.3 Å². The van der Waals surface area contributed by atoms with Crippen LogP contribution in [0.2, 0.25) is 0 Å². The number of carbonyl (C=O) groups excluding carboxylic acids is 1. The van der Waals surface area contributed by atoms with Crippen LogP contribution in [-0.4, -0.2) is 48.4 Å². The molecule has 1 aromatic heterocycles. The number of pyridine rings is 1. The first kappa shape index (κ1) is 11.7. The predicted octanol–water partition coefficient (Wildman–Crippen LogP) is 1.57. The van der Waals surface area contributed by atoms with Gasteiger partial charge in [0.15, 0.2) is 6.29 Å². The van der Waals surface area contributed by atoms with Crippen LogP contribution < -0.4 is 4.90 Å². The highest BCUT2D eigenvalue weighted by molar-refractivity contribution is 5.74. The van der Waals surface area contributed by atoms with Crippen LogP contribution in [0.3, 0.4) is 0 Å². The van der Waals surface area contributed by atoms with E-state index in [0.717, 1.165) is 25.2 Å². The van der Waals surface area contributed by atoms with Gasteiger partial charge >= 0.3 is 0 Å². The number of rotatable bonds is 3. The molecule has 3 rings (SSSR count).